The van der Waals surface area contributed by atoms with Crippen LogP contribution in [0.3, 0.4) is 0 Å². The number of aliphatic hydroxyl groups excluding tert-OH is 4. The molecule has 0 amide bonds. The van der Waals surface area contributed by atoms with Crippen LogP contribution in [-0.2, 0) is 4.74 Å². The van der Waals surface area contributed by atoms with Crippen LogP contribution in [0.2, 0.25) is 0 Å². The summed E-state index contributed by atoms with van der Waals surface area (Å²) in [5, 5.41) is 41.4. The van der Waals surface area contributed by atoms with E-state index in [9.17, 15) is 15.3 Å². The summed E-state index contributed by atoms with van der Waals surface area (Å²) in [4.78, 5) is 3.84. The molecule has 0 aliphatic carbocycles. The summed E-state index contributed by atoms with van der Waals surface area (Å²) >= 11 is 0. The molecule has 4 N–H and O–H groups in total. The molecule has 8 nitrogen and oxygen atoms in total. The average Bonchev–Trinajstić information content (AvgIpc) is 2.87. The first-order valence-corrected chi connectivity index (χ1v) is 5.26. The average molecular weight is 245 g/mol. The van der Waals surface area contributed by atoms with Gasteiger partial charge in [-0.25, -0.2) is 9.67 Å². The maximum atomic E-state index is 9.72. The van der Waals surface area contributed by atoms with Crippen molar-refractivity contribution in [1.82, 2.24) is 14.8 Å². The van der Waals surface area contributed by atoms with Gasteiger partial charge in [0.05, 0.1) is 6.61 Å². The molecule has 1 aliphatic rings. The van der Waals surface area contributed by atoms with Gasteiger partial charge in [0.1, 0.15) is 30.7 Å². The molecule has 17 heavy (non-hydrogen) atoms. The minimum atomic E-state index is -1.20. The molecule has 8 heteroatoms. The van der Waals surface area contributed by atoms with E-state index in [4.69, 9.17) is 9.84 Å². The highest BCUT2D eigenvalue weighted by Gasteiger charge is 2.43. The largest absolute Gasteiger partial charge is 0.394 e. The van der Waals surface area contributed by atoms with Crippen molar-refractivity contribution >= 4 is 0 Å². The van der Waals surface area contributed by atoms with Gasteiger partial charge >= 0.3 is 0 Å². The highest BCUT2D eigenvalue weighted by Crippen LogP contribution is 2.28. The van der Waals surface area contributed by atoms with Gasteiger partial charge in [-0.3, -0.25) is 0 Å². The first-order chi connectivity index (χ1) is 8.04. The minimum absolute atomic E-state index is 0.197. The van der Waals surface area contributed by atoms with Crippen LogP contribution in [0.25, 0.3) is 0 Å². The Balaban J connectivity index is 2.17. The maximum absolute atomic E-state index is 9.72. The van der Waals surface area contributed by atoms with Gasteiger partial charge in [0, 0.05) is 0 Å². The fourth-order valence-corrected chi connectivity index (χ4v) is 1.70. The van der Waals surface area contributed by atoms with E-state index >= 15 is 0 Å². The van der Waals surface area contributed by atoms with Crippen LogP contribution in [0.15, 0.2) is 6.33 Å². The van der Waals surface area contributed by atoms with Crippen molar-refractivity contribution in [3.63, 3.8) is 0 Å². The molecular weight excluding hydrogens is 230 g/mol. The third-order valence-electron chi connectivity index (χ3n) is 2.68. The van der Waals surface area contributed by atoms with Crippen molar-refractivity contribution in [1.29, 1.82) is 0 Å². The third kappa shape index (κ3) is 2.17. The number of aromatic nitrogens is 3. The van der Waals surface area contributed by atoms with Crippen molar-refractivity contribution in [2.45, 2.75) is 37.6 Å². The van der Waals surface area contributed by atoms with Gasteiger partial charge in [0.15, 0.2) is 12.1 Å². The first kappa shape index (κ1) is 12.4. The van der Waals surface area contributed by atoms with Crippen molar-refractivity contribution in [2.24, 2.45) is 0 Å². The Kier molecular flexibility index (Phi) is 3.40. The standard InChI is InChI=1S/C9H15N3O5/c1-4(14)8-10-3-12(11-8)9-7(16)6(15)5(2-13)17-9/h3-7,9,13-16H,2H2,1H3/t4?,5-,6?,7?,9-/m1/s1. The van der Waals surface area contributed by atoms with Gasteiger partial charge in [-0.2, -0.15) is 5.10 Å². The topological polar surface area (TPSA) is 121 Å². The van der Waals surface area contributed by atoms with Gasteiger partial charge < -0.3 is 25.2 Å². The molecule has 1 saturated heterocycles. The van der Waals surface area contributed by atoms with Crippen molar-refractivity contribution in [3.8, 4) is 0 Å². The lowest BCUT2D eigenvalue weighted by Gasteiger charge is -2.14. The molecule has 96 valence electrons. The van der Waals surface area contributed by atoms with E-state index < -0.39 is 37.3 Å². The number of ether oxygens (including phenoxy) is 1. The Morgan fingerprint density at radius 3 is 2.65 bits per heavy atom. The lowest BCUT2D eigenvalue weighted by Crippen LogP contribution is -2.33. The van der Waals surface area contributed by atoms with Gasteiger partial charge in [-0.15, -0.1) is 0 Å². The Bertz CT molecular complexity index is 382. The SMILES string of the molecule is CC(O)c1ncn([C@@H]2O[C@H](CO)C(O)C2O)n1. The third-order valence-corrected chi connectivity index (χ3v) is 2.68. The fourth-order valence-electron chi connectivity index (χ4n) is 1.70. The van der Waals surface area contributed by atoms with Crippen LogP contribution in [0.4, 0.5) is 0 Å². The highest BCUT2D eigenvalue weighted by molar-refractivity contribution is 4.91. The Morgan fingerprint density at radius 2 is 2.18 bits per heavy atom. The van der Waals surface area contributed by atoms with Crippen molar-refractivity contribution < 1.29 is 25.2 Å². The van der Waals surface area contributed by atoms with Crippen molar-refractivity contribution in [2.75, 3.05) is 6.61 Å². The Labute approximate surface area is 97.1 Å². The second-order valence-corrected chi connectivity index (χ2v) is 3.99. The second kappa shape index (κ2) is 4.67. The van der Waals surface area contributed by atoms with Crippen LogP contribution >= 0.6 is 0 Å². The summed E-state index contributed by atoms with van der Waals surface area (Å²) in [7, 11) is 0. The summed E-state index contributed by atoms with van der Waals surface area (Å²) in [6.07, 6.45) is -3.67. The molecule has 3 unspecified atom stereocenters. The van der Waals surface area contributed by atoms with E-state index in [0.29, 0.717) is 0 Å². The number of nitrogens with zero attached hydrogens (tertiary/aromatic N) is 3. The maximum Gasteiger partial charge on any atom is 0.180 e. The molecule has 2 heterocycles. The number of hydrogen-bond acceptors (Lipinski definition) is 7. The minimum Gasteiger partial charge on any atom is -0.394 e. The number of rotatable bonds is 3. The molecule has 0 radical (unpaired) electrons. The van der Waals surface area contributed by atoms with E-state index in [1.54, 1.807) is 0 Å². The van der Waals surface area contributed by atoms with E-state index in [0.717, 1.165) is 0 Å². The smallest absolute Gasteiger partial charge is 0.180 e. The molecular formula is C9H15N3O5. The lowest BCUT2D eigenvalue weighted by atomic mass is 10.1. The summed E-state index contributed by atoms with van der Waals surface area (Å²) in [5.41, 5.74) is 0. The van der Waals surface area contributed by atoms with E-state index in [-0.39, 0.29) is 5.82 Å². The fraction of sp³-hybridized carbons (Fsp3) is 0.778. The Hall–Kier alpha value is -1.06. The summed E-state index contributed by atoms with van der Waals surface area (Å²) in [6.45, 7) is 1.11. The predicted molar refractivity (Wildman–Crippen MR) is 53.7 cm³/mol. The predicted octanol–water partition coefficient (Wildman–Crippen LogP) is -2.06. The summed E-state index contributed by atoms with van der Waals surface area (Å²) in [6, 6.07) is 0. The highest BCUT2D eigenvalue weighted by atomic mass is 16.6. The van der Waals surface area contributed by atoms with Crippen molar-refractivity contribution in [3.05, 3.63) is 12.2 Å². The van der Waals surface area contributed by atoms with E-state index in [2.05, 4.69) is 10.1 Å². The molecule has 5 atom stereocenters. The molecule has 0 saturated carbocycles. The zero-order valence-corrected chi connectivity index (χ0v) is 9.21. The number of hydrogen-bond donors (Lipinski definition) is 4. The number of aliphatic hydroxyl groups is 4. The molecule has 0 bridgehead atoms. The molecule has 2 rings (SSSR count). The zero-order valence-electron chi connectivity index (χ0n) is 9.21. The van der Waals surface area contributed by atoms with Crippen LogP contribution in [-0.4, -0.2) is 60.1 Å². The van der Waals surface area contributed by atoms with Gasteiger partial charge in [-0.05, 0) is 6.92 Å². The molecule has 0 aromatic carbocycles. The lowest BCUT2D eigenvalue weighted by molar-refractivity contribution is -0.0591. The molecule has 1 aromatic rings. The zero-order chi connectivity index (χ0) is 12.6. The molecule has 0 spiro atoms. The van der Waals surface area contributed by atoms with Crippen LogP contribution in [0, 0.1) is 0 Å². The normalized spacial score (nSPS) is 35.1. The van der Waals surface area contributed by atoms with Gasteiger partial charge in [0.25, 0.3) is 0 Å². The molecule has 1 aliphatic heterocycles. The van der Waals surface area contributed by atoms with Crippen LogP contribution in [0.5, 0.6) is 0 Å². The Morgan fingerprint density at radius 1 is 1.47 bits per heavy atom. The van der Waals surface area contributed by atoms with Gasteiger partial charge in [0.2, 0.25) is 0 Å². The van der Waals surface area contributed by atoms with Crippen LogP contribution < -0.4 is 0 Å². The van der Waals surface area contributed by atoms with E-state index in [1.807, 2.05) is 0 Å². The summed E-state index contributed by atoms with van der Waals surface area (Å²) in [5.74, 6) is 0.197. The van der Waals surface area contributed by atoms with Gasteiger partial charge in [-0.1, -0.05) is 0 Å². The molecule has 1 fully saturated rings. The molecule has 1 aromatic heterocycles. The van der Waals surface area contributed by atoms with E-state index in [1.165, 1.54) is 17.9 Å². The first-order valence-electron chi connectivity index (χ1n) is 5.26. The second-order valence-electron chi connectivity index (χ2n) is 3.99. The van der Waals surface area contributed by atoms with Crippen LogP contribution in [0.1, 0.15) is 25.1 Å². The quantitative estimate of drug-likeness (QED) is 0.483. The summed E-state index contributed by atoms with van der Waals surface area (Å²) < 4.78 is 6.46. The monoisotopic (exact) mass is 245 g/mol.